The summed E-state index contributed by atoms with van der Waals surface area (Å²) < 4.78 is 0. The maximum Gasteiger partial charge on any atom is 0.242 e. The lowest BCUT2D eigenvalue weighted by atomic mass is 10.0. The van der Waals surface area contributed by atoms with Crippen LogP contribution < -0.4 is 4.90 Å². The average Bonchev–Trinajstić information content (AvgIpc) is 2.92. The molecule has 182 valence electrons. The average molecular weight is 472 g/mol. The smallest absolute Gasteiger partial charge is 0.242 e. The van der Waals surface area contributed by atoms with Crippen LogP contribution >= 0.6 is 0 Å². The molecule has 0 unspecified atom stereocenters. The number of carbonyl (C=O) groups excluding carboxylic acids is 2. The number of hydrogen-bond donors (Lipinski definition) is 0. The molecule has 1 saturated heterocycles. The van der Waals surface area contributed by atoms with Gasteiger partial charge in [-0.3, -0.25) is 9.59 Å². The standard InChI is InChI=1S/C28H33N5O2/c1-21(2)28(35)33(22(3)23-10-6-4-7-11-23)20-27(34)32-18-16-31(17-19-32)26-15-14-25(29-30-26)24-12-8-5-9-13-24/h4-15,21-22H,16-20H2,1-3H3/t22-/m0/s1. The molecule has 1 aromatic heterocycles. The topological polar surface area (TPSA) is 69.6 Å². The van der Waals surface area contributed by atoms with Gasteiger partial charge in [-0.1, -0.05) is 74.5 Å². The molecule has 1 fully saturated rings. The van der Waals surface area contributed by atoms with Crippen LogP contribution in [0.25, 0.3) is 11.3 Å². The van der Waals surface area contributed by atoms with Gasteiger partial charge in [-0.2, -0.15) is 0 Å². The Balaban J connectivity index is 1.37. The molecule has 2 amide bonds. The van der Waals surface area contributed by atoms with Crippen molar-refractivity contribution in [3.63, 3.8) is 0 Å². The third-order valence-corrected chi connectivity index (χ3v) is 6.51. The number of anilines is 1. The van der Waals surface area contributed by atoms with E-state index >= 15 is 0 Å². The van der Waals surface area contributed by atoms with E-state index in [0.29, 0.717) is 26.2 Å². The van der Waals surface area contributed by atoms with Crippen LogP contribution in [0.15, 0.2) is 72.8 Å². The van der Waals surface area contributed by atoms with E-state index < -0.39 is 0 Å². The molecule has 1 atom stereocenters. The molecule has 1 aliphatic rings. The van der Waals surface area contributed by atoms with E-state index in [9.17, 15) is 9.59 Å². The molecule has 0 spiro atoms. The monoisotopic (exact) mass is 471 g/mol. The van der Waals surface area contributed by atoms with Crippen molar-refractivity contribution in [2.24, 2.45) is 5.92 Å². The van der Waals surface area contributed by atoms with E-state index in [0.717, 1.165) is 22.6 Å². The summed E-state index contributed by atoms with van der Waals surface area (Å²) in [5.41, 5.74) is 2.90. The summed E-state index contributed by atoms with van der Waals surface area (Å²) in [5, 5.41) is 8.80. The van der Waals surface area contributed by atoms with Crippen molar-refractivity contribution in [1.29, 1.82) is 0 Å². The Hall–Kier alpha value is -3.74. The van der Waals surface area contributed by atoms with Gasteiger partial charge >= 0.3 is 0 Å². The lowest BCUT2D eigenvalue weighted by molar-refractivity contribution is -0.144. The fraction of sp³-hybridized carbons (Fsp3) is 0.357. The summed E-state index contributed by atoms with van der Waals surface area (Å²) in [6, 6.07) is 23.6. The SMILES string of the molecule is CC(C)C(=O)N(CC(=O)N1CCN(c2ccc(-c3ccccc3)nn2)CC1)[C@@H](C)c1ccccc1. The summed E-state index contributed by atoms with van der Waals surface area (Å²) in [6.45, 7) is 8.35. The Morgan fingerprint density at radius 1 is 0.829 bits per heavy atom. The van der Waals surface area contributed by atoms with E-state index in [1.54, 1.807) is 4.90 Å². The molecule has 7 heteroatoms. The Morgan fingerprint density at radius 3 is 2.03 bits per heavy atom. The normalized spacial score (nSPS) is 14.6. The summed E-state index contributed by atoms with van der Waals surface area (Å²) in [7, 11) is 0. The maximum absolute atomic E-state index is 13.2. The lowest BCUT2D eigenvalue weighted by Gasteiger charge is -2.37. The van der Waals surface area contributed by atoms with Crippen LogP contribution in [-0.2, 0) is 9.59 Å². The van der Waals surface area contributed by atoms with Crippen LogP contribution in [-0.4, -0.2) is 64.5 Å². The summed E-state index contributed by atoms with van der Waals surface area (Å²) in [5.74, 6) is 0.600. The Morgan fingerprint density at radius 2 is 1.46 bits per heavy atom. The van der Waals surface area contributed by atoms with Gasteiger partial charge in [0.15, 0.2) is 5.82 Å². The fourth-order valence-electron chi connectivity index (χ4n) is 4.34. The van der Waals surface area contributed by atoms with Gasteiger partial charge in [-0.25, -0.2) is 0 Å². The van der Waals surface area contributed by atoms with Gasteiger partial charge in [0.05, 0.1) is 11.7 Å². The van der Waals surface area contributed by atoms with Crippen LogP contribution in [0.5, 0.6) is 0 Å². The van der Waals surface area contributed by atoms with Crippen molar-refractivity contribution >= 4 is 17.6 Å². The van der Waals surface area contributed by atoms with Gasteiger partial charge in [0.25, 0.3) is 0 Å². The number of amides is 2. The van der Waals surface area contributed by atoms with E-state index in [1.807, 2.05) is 98.5 Å². The van der Waals surface area contributed by atoms with Gasteiger partial charge in [0, 0.05) is 37.7 Å². The third kappa shape index (κ3) is 5.85. The van der Waals surface area contributed by atoms with Gasteiger partial charge in [0.2, 0.25) is 11.8 Å². The van der Waals surface area contributed by atoms with E-state index in [2.05, 4.69) is 15.1 Å². The minimum Gasteiger partial charge on any atom is -0.352 e. The van der Waals surface area contributed by atoms with Crippen LogP contribution in [0.1, 0.15) is 32.4 Å². The van der Waals surface area contributed by atoms with Crippen molar-refractivity contribution in [2.75, 3.05) is 37.6 Å². The zero-order valence-corrected chi connectivity index (χ0v) is 20.7. The summed E-state index contributed by atoms with van der Waals surface area (Å²) in [6.07, 6.45) is 0. The van der Waals surface area contributed by atoms with Crippen molar-refractivity contribution < 1.29 is 9.59 Å². The van der Waals surface area contributed by atoms with Crippen LogP contribution in [0.3, 0.4) is 0 Å². The van der Waals surface area contributed by atoms with E-state index in [-0.39, 0.29) is 30.3 Å². The molecule has 0 radical (unpaired) electrons. The number of piperazine rings is 1. The van der Waals surface area contributed by atoms with Crippen molar-refractivity contribution in [1.82, 2.24) is 20.0 Å². The van der Waals surface area contributed by atoms with Gasteiger partial charge in [-0.05, 0) is 24.6 Å². The molecule has 0 aliphatic carbocycles. The molecular weight excluding hydrogens is 438 g/mol. The number of aromatic nitrogens is 2. The Bertz CT molecular complexity index is 1110. The molecule has 7 nitrogen and oxygen atoms in total. The molecule has 0 N–H and O–H groups in total. The van der Waals surface area contributed by atoms with Crippen LogP contribution in [0.4, 0.5) is 5.82 Å². The molecule has 0 bridgehead atoms. The minimum absolute atomic E-state index is 0.0119. The molecular formula is C28H33N5O2. The number of hydrogen-bond acceptors (Lipinski definition) is 5. The highest BCUT2D eigenvalue weighted by atomic mass is 16.2. The molecule has 0 saturated carbocycles. The van der Waals surface area contributed by atoms with Gasteiger partial charge in [-0.15, -0.1) is 10.2 Å². The van der Waals surface area contributed by atoms with Crippen LogP contribution in [0, 0.1) is 5.92 Å². The highest BCUT2D eigenvalue weighted by Crippen LogP contribution is 2.23. The number of rotatable bonds is 7. The highest BCUT2D eigenvalue weighted by Gasteiger charge is 2.29. The summed E-state index contributed by atoms with van der Waals surface area (Å²) >= 11 is 0. The van der Waals surface area contributed by atoms with E-state index in [1.165, 1.54) is 0 Å². The first-order valence-corrected chi connectivity index (χ1v) is 12.2. The molecule has 2 aromatic carbocycles. The Kier molecular flexibility index (Phi) is 7.75. The number of benzene rings is 2. The van der Waals surface area contributed by atoms with E-state index in [4.69, 9.17) is 0 Å². The first kappa shape index (κ1) is 24.4. The van der Waals surface area contributed by atoms with Crippen molar-refractivity contribution in [2.45, 2.75) is 26.8 Å². The predicted molar refractivity (Wildman–Crippen MR) is 138 cm³/mol. The quantitative estimate of drug-likeness (QED) is 0.520. The molecule has 2 heterocycles. The lowest BCUT2D eigenvalue weighted by Crippen LogP contribution is -2.52. The molecule has 35 heavy (non-hydrogen) atoms. The molecule has 3 aromatic rings. The predicted octanol–water partition coefficient (Wildman–Crippen LogP) is 4.04. The zero-order chi connectivity index (χ0) is 24.8. The van der Waals surface area contributed by atoms with Crippen molar-refractivity contribution in [3.05, 3.63) is 78.4 Å². The second-order valence-electron chi connectivity index (χ2n) is 9.22. The van der Waals surface area contributed by atoms with Gasteiger partial charge in [0.1, 0.15) is 6.54 Å². The van der Waals surface area contributed by atoms with Crippen molar-refractivity contribution in [3.8, 4) is 11.3 Å². The third-order valence-electron chi connectivity index (χ3n) is 6.51. The minimum atomic E-state index is -0.178. The zero-order valence-electron chi connectivity index (χ0n) is 20.7. The Labute approximate surface area is 207 Å². The second kappa shape index (κ2) is 11.1. The van der Waals surface area contributed by atoms with Crippen LogP contribution in [0.2, 0.25) is 0 Å². The molecule has 4 rings (SSSR count). The van der Waals surface area contributed by atoms with Gasteiger partial charge < -0.3 is 14.7 Å². The molecule has 1 aliphatic heterocycles. The number of carbonyl (C=O) groups is 2. The first-order chi connectivity index (χ1) is 16.9. The second-order valence-corrected chi connectivity index (χ2v) is 9.22. The number of nitrogens with zero attached hydrogens (tertiary/aromatic N) is 5. The first-order valence-electron chi connectivity index (χ1n) is 12.2. The fourth-order valence-corrected chi connectivity index (χ4v) is 4.34. The largest absolute Gasteiger partial charge is 0.352 e. The maximum atomic E-state index is 13.2. The summed E-state index contributed by atoms with van der Waals surface area (Å²) in [4.78, 5) is 31.9. The highest BCUT2D eigenvalue weighted by molar-refractivity contribution is 5.86.